The highest BCUT2D eigenvalue weighted by atomic mass is 16.4. The van der Waals surface area contributed by atoms with Gasteiger partial charge in [0.15, 0.2) is 0 Å². The van der Waals surface area contributed by atoms with Crippen molar-refractivity contribution in [2.45, 2.75) is 0 Å². The van der Waals surface area contributed by atoms with E-state index in [1.54, 1.807) is 24.8 Å². The quantitative estimate of drug-likeness (QED) is 0.677. The van der Waals surface area contributed by atoms with Crippen LogP contribution in [0.1, 0.15) is 21.5 Å². The van der Waals surface area contributed by atoms with E-state index < -0.39 is 11.7 Å². The van der Waals surface area contributed by atoms with Crippen LogP contribution in [0, 0.1) is 0 Å². The number of carboxylic acid groups (broad SMARTS) is 1. The number of nitrogens with zero attached hydrogens (tertiary/aromatic N) is 2. The van der Waals surface area contributed by atoms with Crippen LogP contribution in [-0.2, 0) is 0 Å². The number of carboxylic acids is 1. The first-order chi connectivity index (χ1) is 12.1. The predicted molar refractivity (Wildman–Crippen MR) is 94.1 cm³/mol. The third-order valence-corrected chi connectivity index (χ3v) is 3.09. The lowest BCUT2D eigenvalue weighted by Crippen LogP contribution is -1.95. The van der Waals surface area contributed by atoms with Gasteiger partial charge >= 0.3 is 5.97 Å². The lowest BCUT2D eigenvalue weighted by atomic mass is 10.2. The van der Waals surface area contributed by atoms with Crippen molar-refractivity contribution < 1.29 is 20.1 Å². The Hall–Kier alpha value is -3.67. The summed E-state index contributed by atoms with van der Waals surface area (Å²) in [5.74, 6) is -1.81. The summed E-state index contributed by atoms with van der Waals surface area (Å²) >= 11 is 0. The molecule has 2 heterocycles. The topological polar surface area (TPSA) is 104 Å². The molecular formula is C19H16N2O4. The van der Waals surface area contributed by atoms with Crippen LogP contribution in [0.2, 0.25) is 0 Å². The van der Waals surface area contributed by atoms with Crippen LogP contribution in [0.4, 0.5) is 0 Å². The number of hydrogen-bond donors (Lipinski definition) is 3. The fourth-order valence-corrected chi connectivity index (χ4v) is 1.84. The van der Waals surface area contributed by atoms with Gasteiger partial charge in [-0.1, -0.05) is 12.2 Å². The molecule has 0 saturated carbocycles. The zero-order chi connectivity index (χ0) is 18.1. The van der Waals surface area contributed by atoms with Gasteiger partial charge in [0, 0.05) is 30.9 Å². The van der Waals surface area contributed by atoms with Crippen LogP contribution in [0.15, 0.2) is 67.3 Å². The Bertz CT molecular complexity index is 808. The van der Waals surface area contributed by atoms with Gasteiger partial charge in [0.1, 0.15) is 17.1 Å². The molecule has 0 amide bonds. The van der Waals surface area contributed by atoms with Gasteiger partial charge in [-0.3, -0.25) is 9.97 Å². The molecule has 0 bridgehead atoms. The second-order valence-electron chi connectivity index (χ2n) is 4.90. The number of phenolic OH excluding ortho intramolecular Hbond substituents is 1. The summed E-state index contributed by atoms with van der Waals surface area (Å²) in [6, 6.07) is 11.2. The second kappa shape index (κ2) is 8.83. The van der Waals surface area contributed by atoms with Crippen LogP contribution in [-0.4, -0.2) is 31.3 Å². The van der Waals surface area contributed by atoms with Crippen LogP contribution < -0.4 is 0 Å². The number of pyridine rings is 2. The van der Waals surface area contributed by atoms with Crippen molar-refractivity contribution >= 4 is 18.1 Å². The van der Waals surface area contributed by atoms with Gasteiger partial charge in [-0.25, -0.2) is 4.79 Å². The minimum Gasteiger partial charge on any atom is -0.508 e. The highest BCUT2D eigenvalue weighted by Crippen LogP contribution is 2.21. The molecule has 2 aromatic heterocycles. The Balaban J connectivity index is 0.000000186. The van der Waals surface area contributed by atoms with E-state index in [1.165, 1.54) is 6.07 Å². The van der Waals surface area contributed by atoms with E-state index in [-0.39, 0.29) is 11.3 Å². The lowest BCUT2D eigenvalue weighted by Gasteiger charge is -1.97. The molecule has 0 fully saturated rings. The second-order valence-corrected chi connectivity index (χ2v) is 4.90. The predicted octanol–water partition coefficient (Wildman–Crippen LogP) is 3.44. The molecule has 0 radical (unpaired) electrons. The van der Waals surface area contributed by atoms with Gasteiger partial charge < -0.3 is 15.3 Å². The van der Waals surface area contributed by atoms with Crippen molar-refractivity contribution in [3.63, 3.8) is 0 Å². The Morgan fingerprint density at radius 1 is 0.800 bits per heavy atom. The average molecular weight is 336 g/mol. The summed E-state index contributed by atoms with van der Waals surface area (Å²) in [5, 5.41) is 26.1. The summed E-state index contributed by atoms with van der Waals surface area (Å²) in [5.41, 5.74) is 2.08. The number of rotatable bonds is 3. The normalized spacial score (nSPS) is 10.1. The van der Waals surface area contributed by atoms with Gasteiger partial charge in [-0.05, 0) is 47.5 Å². The molecule has 0 saturated heterocycles. The van der Waals surface area contributed by atoms with E-state index in [0.717, 1.165) is 23.3 Å². The van der Waals surface area contributed by atoms with E-state index in [2.05, 4.69) is 22.1 Å². The fourth-order valence-electron chi connectivity index (χ4n) is 1.84. The molecule has 3 aromatic rings. The first kappa shape index (κ1) is 17.7. The van der Waals surface area contributed by atoms with Crippen LogP contribution >= 0.6 is 0 Å². The molecule has 0 spiro atoms. The van der Waals surface area contributed by atoms with Crippen LogP contribution in [0.25, 0.3) is 12.2 Å². The minimum absolute atomic E-state index is 0.160. The van der Waals surface area contributed by atoms with Gasteiger partial charge in [0.2, 0.25) is 0 Å². The van der Waals surface area contributed by atoms with Gasteiger partial charge in [-0.15, -0.1) is 0 Å². The molecular weight excluding hydrogens is 320 g/mol. The SMILES string of the molecule is C(=C\c1ccncc1)/c1ccncc1.O=C(O)c1ccc(O)cc1O. The number of aromatic hydroxyl groups is 2. The summed E-state index contributed by atoms with van der Waals surface area (Å²) in [6.07, 6.45) is 11.2. The van der Waals surface area contributed by atoms with Gasteiger partial charge in [-0.2, -0.15) is 0 Å². The minimum atomic E-state index is -1.22. The number of benzene rings is 1. The van der Waals surface area contributed by atoms with Crippen molar-refractivity contribution in [3.8, 4) is 11.5 Å². The number of carbonyl (C=O) groups is 1. The Morgan fingerprint density at radius 2 is 1.28 bits per heavy atom. The highest BCUT2D eigenvalue weighted by Gasteiger charge is 2.08. The number of phenols is 2. The molecule has 0 aliphatic carbocycles. The van der Waals surface area contributed by atoms with E-state index >= 15 is 0 Å². The maximum atomic E-state index is 10.3. The maximum Gasteiger partial charge on any atom is 0.339 e. The molecule has 6 nitrogen and oxygen atoms in total. The van der Waals surface area contributed by atoms with Gasteiger partial charge in [0.25, 0.3) is 0 Å². The fraction of sp³-hybridized carbons (Fsp3) is 0. The lowest BCUT2D eigenvalue weighted by molar-refractivity contribution is 0.0693. The molecule has 0 unspecified atom stereocenters. The molecule has 1 aromatic carbocycles. The summed E-state index contributed by atoms with van der Waals surface area (Å²) < 4.78 is 0. The number of hydrogen-bond acceptors (Lipinski definition) is 5. The smallest absolute Gasteiger partial charge is 0.339 e. The third-order valence-electron chi connectivity index (χ3n) is 3.09. The van der Waals surface area contributed by atoms with Crippen LogP contribution in [0.3, 0.4) is 0 Å². The largest absolute Gasteiger partial charge is 0.508 e. The summed E-state index contributed by atoms with van der Waals surface area (Å²) in [4.78, 5) is 18.2. The van der Waals surface area contributed by atoms with Crippen molar-refractivity contribution in [2.24, 2.45) is 0 Å². The van der Waals surface area contributed by atoms with Gasteiger partial charge in [0.05, 0.1) is 0 Å². The Morgan fingerprint density at radius 3 is 1.68 bits per heavy atom. The zero-order valence-corrected chi connectivity index (χ0v) is 13.1. The summed E-state index contributed by atoms with van der Waals surface area (Å²) in [7, 11) is 0. The van der Waals surface area contributed by atoms with Crippen molar-refractivity contribution in [1.29, 1.82) is 0 Å². The van der Waals surface area contributed by atoms with E-state index in [1.807, 2.05) is 24.3 Å². The van der Waals surface area contributed by atoms with Crippen molar-refractivity contribution in [1.82, 2.24) is 9.97 Å². The first-order valence-corrected chi connectivity index (χ1v) is 7.29. The Kier molecular flexibility index (Phi) is 6.24. The third kappa shape index (κ3) is 5.80. The van der Waals surface area contributed by atoms with Crippen LogP contribution in [0.5, 0.6) is 11.5 Å². The number of aromatic nitrogens is 2. The van der Waals surface area contributed by atoms with Crippen molar-refractivity contribution in [3.05, 3.63) is 83.9 Å². The maximum absolute atomic E-state index is 10.3. The van der Waals surface area contributed by atoms with E-state index in [9.17, 15) is 4.79 Å². The molecule has 3 N–H and O–H groups in total. The van der Waals surface area contributed by atoms with Crippen molar-refractivity contribution in [2.75, 3.05) is 0 Å². The first-order valence-electron chi connectivity index (χ1n) is 7.29. The summed E-state index contributed by atoms with van der Waals surface area (Å²) in [6.45, 7) is 0. The Labute approximate surface area is 144 Å². The molecule has 3 rings (SSSR count). The molecule has 6 heteroatoms. The zero-order valence-electron chi connectivity index (χ0n) is 13.1. The molecule has 0 aliphatic heterocycles. The van der Waals surface area contributed by atoms with E-state index in [4.69, 9.17) is 15.3 Å². The number of aromatic carboxylic acids is 1. The molecule has 126 valence electrons. The molecule has 0 atom stereocenters. The standard InChI is InChI=1S/C12H10N2.C7H6O4/c1(11-3-7-13-8-4-11)2-12-5-9-14-10-6-12;8-4-1-2-5(7(10)11)6(9)3-4/h1-10H;1-3,8-9H,(H,10,11)/b2-1+;. The molecule has 0 aliphatic rings. The molecule has 25 heavy (non-hydrogen) atoms. The monoisotopic (exact) mass is 336 g/mol. The average Bonchev–Trinajstić information content (AvgIpc) is 2.62. The highest BCUT2D eigenvalue weighted by molar-refractivity contribution is 5.90. The van der Waals surface area contributed by atoms with E-state index in [0.29, 0.717) is 0 Å².